The van der Waals surface area contributed by atoms with Gasteiger partial charge in [0, 0.05) is 6.42 Å². The maximum absolute atomic E-state index is 10.8. The van der Waals surface area contributed by atoms with Gasteiger partial charge < -0.3 is 15.4 Å². The molecule has 0 radical (unpaired) electrons. The number of carboxylic acid groups (broad SMARTS) is 1. The molecule has 0 atom stereocenters. The molecular weight excluding hydrogens is 218 g/mol. The van der Waals surface area contributed by atoms with E-state index in [1.165, 1.54) is 0 Å². The van der Waals surface area contributed by atoms with Crippen LogP contribution in [0, 0.1) is 5.92 Å². The summed E-state index contributed by atoms with van der Waals surface area (Å²) < 4.78 is 0. The number of rotatable bonds is 3. The molecule has 1 aliphatic heterocycles. The lowest BCUT2D eigenvalue weighted by molar-refractivity contribution is 0.0697. The van der Waals surface area contributed by atoms with Gasteiger partial charge in [-0.25, -0.2) is 9.78 Å². The van der Waals surface area contributed by atoms with Gasteiger partial charge in [-0.3, -0.25) is 0 Å². The van der Waals surface area contributed by atoms with Crippen LogP contribution in [0.15, 0.2) is 18.2 Å². The molecule has 5 heteroatoms. The Balaban J connectivity index is 1.91. The van der Waals surface area contributed by atoms with Crippen molar-refractivity contribution in [2.75, 3.05) is 13.1 Å². The quantitative estimate of drug-likeness (QED) is 0.737. The summed E-state index contributed by atoms with van der Waals surface area (Å²) in [4.78, 5) is 18.5. The third-order valence-electron chi connectivity index (χ3n) is 3.13. The van der Waals surface area contributed by atoms with Gasteiger partial charge in [0.2, 0.25) is 0 Å². The summed E-state index contributed by atoms with van der Waals surface area (Å²) in [5.74, 6) is 0.676. The summed E-state index contributed by atoms with van der Waals surface area (Å²) >= 11 is 0. The van der Waals surface area contributed by atoms with Crippen molar-refractivity contribution in [2.45, 2.75) is 6.42 Å². The molecule has 1 aromatic carbocycles. The molecule has 0 spiro atoms. The third-order valence-corrected chi connectivity index (χ3v) is 3.13. The molecular formula is C12H13N3O2. The van der Waals surface area contributed by atoms with Crippen LogP contribution in [0.25, 0.3) is 11.0 Å². The fourth-order valence-corrected chi connectivity index (χ4v) is 2.06. The predicted octanol–water partition coefficient (Wildman–Crippen LogP) is 1.02. The largest absolute Gasteiger partial charge is 0.478 e. The molecule has 0 aliphatic carbocycles. The van der Waals surface area contributed by atoms with E-state index in [0.717, 1.165) is 36.4 Å². The summed E-state index contributed by atoms with van der Waals surface area (Å²) in [6, 6.07) is 4.96. The second-order valence-electron chi connectivity index (χ2n) is 4.45. The van der Waals surface area contributed by atoms with Crippen LogP contribution in [0.1, 0.15) is 16.2 Å². The van der Waals surface area contributed by atoms with E-state index in [0.29, 0.717) is 5.92 Å². The van der Waals surface area contributed by atoms with Crippen LogP contribution in [0.3, 0.4) is 0 Å². The molecule has 5 nitrogen and oxygen atoms in total. The average Bonchev–Trinajstić information content (AvgIpc) is 2.64. The molecule has 3 rings (SSSR count). The Morgan fingerprint density at radius 3 is 2.94 bits per heavy atom. The molecule has 1 aromatic heterocycles. The van der Waals surface area contributed by atoms with Crippen LogP contribution >= 0.6 is 0 Å². The Kier molecular flexibility index (Phi) is 2.33. The number of aromatic nitrogens is 2. The highest BCUT2D eigenvalue weighted by molar-refractivity contribution is 5.92. The highest BCUT2D eigenvalue weighted by Crippen LogP contribution is 2.17. The minimum Gasteiger partial charge on any atom is -0.478 e. The van der Waals surface area contributed by atoms with E-state index in [1.54, 1.807) is 18.2 Å². The number of aromatic amines is 1. The van der Waals surface area contributed by atoms with Crippen molar-refractivity contribution in [1.29, 1.82) is 0 Å². The second-order valence-corrected chi connectivity index (χ2v) is 4.45. The molecule has 1 saturated heterocycles. The molecule has 2 heterocycles. The van der Waals surface area contributed by atoms with E-state index in [2.05, 4.69) is 15.3 Å². The first-order chi connectivity index (χ1) is 8.22. The van der Waals surface area contributed by atoms with Gasteiger partial charge in [-0.05, 0) is 37.2 Å². The van der Waals surface area contributed by atoms with Crippen LogP contribution in [0.5, 0.6) is 0 Å². The van der Waals surface area contributed by atoms with Crippen molar-refractivity contribution in [1.82, 2.24) is 15.3 Å². The van der Waals surface area contributed by atoms with Crippen molar-refractivity contribution in [2.24, 2.45) is 5.92 Å². The fraction of sp³-hybridized carbons (Fsp3) is 0.333. The van der Waals surface area contributed by atoms with E-state index in [9.17, 15) is 4.79 Å². The maximum atomic E-state index is 10.8. The number of fused-ring (bicyclic) bond motifs is 1. The Hall–Kier alpha value is -1.88. The summed E-state index contributed by atoms with van der Waals surface area (Å²) in [6.07, 6.45) is 0.921. The lowest BCUT2D eigenvalue weighted by Gasteiger charge is -2.25. The van der Waals surface area contributed by atoms with E-state index in [1.807, 2.05) is 0 Å². The van der Waals surface area contributed by atoms with Crippen LogP contribution < -0.4 is 5.32 Å². The van der Waals surface area contributed by atoms with Crippen LogP contribution in [0.4, 0.5) is 0 Å². The minimum absolute atomic E-state index is 0.290. The number of benzene rings is 1. The molecule has 88 valence electrons. The van der Waals surface area contributed by atoms with Gasteiger partial charge in [0.05, 0.1) is 16.6 Å². The van der Waals surface area contributed by atoms with Gasteiger partial charge in [-0.2, -0.15) is 0 Å². The van der Waals surface area contributed by atoms with E-state index >= 15 is 0 Å². The molecule has 0 unspecified atom stereocenters. The van der Waals surface area contributed by atoms with Crippen molar-refractivity contribution < 1.29 is 9.90 Å². The number of H-pyrrole nitrogens is 1. The normalized spacial score (nSPS) is 16.0. The number of imidazole rings is 1. The number of hydrogen-bond acceptors (Lipinski definition) is 3. The summed E-state index contributed by atoms with van der Waals surface area (Å²) in [5, 5.41) is 12.1. The first-order valence-corrected chi connectivity index (χ1v) is 5.65. The van der Waals surface area contributed by atoms with Crippen molar-refractivity contribution in [3.05, 3.63) is 29.6 Å². The van der Waals surface area contributed by atoms with Crippen LogP contribution in [-0.2, 0) is 6.42 Å². The maximum Gasteiger partial charge on any atom is 0.335 e. The molecule has 0 amide bonds. The topological polar surface area (TPSA) is 78.0 Å². The fourth-order valence-electron chi connectivity index (χ4n) is 2.06. The number of aromatic carboxylic acids is 1. The number of nitrogens with zero attached hydrogens (tertiary/aromatic N) is 1. The van der Waals surface area contributed by atoms with Crippen molar-refractivity contribution >= 4 is 17.0 Å². The highest BCUT2D eigenvalue weighted by atomic mass is 16.4. The Labute approximate surface area is 97.9 Å². The highest BCUT2D eigenvalue weighted by Gasteiger charge is 2.18. The van der Waals surface area contributed by atoms with E-state index < -0.39 is 5.97 Å². The van der Waals surface area contributed by atoms with Crippen LogP contribution in [0.2, 0.25) is 0 Å². The molecule has 1 fully saturated rings. The number of hydrogen-bond donors (Lipinski definition) is 3. The lowest BCUT2D eigenvalue weighted by Crippen LogP contribution is -2.43. The molecule has 2 aromatic rings. The number of carbonyl (C=O) groups is 1. The van der Waals surface area contributed by atoms with Gasteiger partial charge in [-0.1, -0.05) is 0 Å². The van der Waals surface area contributed by atoms with Gasteiger partial charge in [0.25, 0.3) is 0 Å². The molecule has 3 N–H and O–H groups in total. The summed E-state index contributed by atoms with van der Waals surface area (Å²) in [7, 11) is 0. The summed E-state index contributed by atoms with van der Waals surface area (Å²) in [5.41, 5.74) is 1.92. The minimum atomic E-state index is -0.911. The second kappa shape index (κ2) is 3.85. The third kappa shape index (κ3) is 1.89. The van der Waals surface area contributed by atoms with Gasteiger partial charge in [0.15, 0.2) is 0 Å². The molecule has 1 aliphatic rings. The zero-order valence-electron chi connectivity index (χ0n) is 9.23. The molecule has 17 heavy (non-hydrogen) atoms. The Bertz CT molecular complexity index is 572. The van der Waals surface area contributed by atoms with E-state index in [-0.39, 0.29) is 5.56 Å². The SMILES string of the molecule is O=C(O)c1ccc2nc(CC3CNC3)[nH]c2c1. The lowest BCUT2D eigenvalue weighted by atomic mass is 9.99. The van der Waals surface area contributed by atoms with Gasteiger partial charge >= 0.3 is 5.97 Å². The zero-order chi connectivity index (χ0) is 11.8. The van der Waals surface area contributed by atoms with Gasteiger partial charge in [-0.15, -0.1) is 0 Å². The smallest absolute Gasteiger partial charge is 0.335 e. The number of nitrogens with one attached hydrogen (secondary N) is 2. The van der Waals surface area contributed by atoms with Crippen molar-refractivity contribution in [3.8, 4) is 0 Å². The average molecular weight is 231 g/mol. The zero-order valence-corrected chi connectivity index (χ0v) is 9.23. The molecule has 0 bridgehead atoms. The number of carboxylic acids is 1. The van der Waals surface area contributed by atoms with Gasteiger partial charge in [0.1, 0.15) is 5.82 Å². The first-order valence-electron chi connectivity index (χ1n) is 5.65. The summed E-state index contributed by atoms with van der Waals surface area (Å²) in [6.45, 7) is 2.08. The van der Waals surface area contributed by atoms with E-state index in [4.69, 9.17) is 5.11 Å². The predicted molar refractivity (Wildman–Crippen MR) is 63.1 cm³/mol. The first kappa shape index (κ1) is 10.3. The molecule has 0 saturated carbocycles. The Morgan fingerprint density at radius 1 is 1.47 bits per heavy atom. The Morgan fingerprint density at radius 2 is 2.29 bits per heavy atom. The van der Waals surface area contributed by atoms with Crippen LogP contribution in [-0.4, -0.2) is 34.1 Å². The standard InChI is InChI=1S/C12H13N3O2/c16-12(17)8-1-2-9-10(4-8)15-11(14-9)3-7-5-13-6-7/h1-2,4,7,13H,3,5-6H2,(H,14,15)(H,16,17). The monoisotopic (exact) mass is 231 g/mol. The van der Waals surface area contributed by atoms with Crippen molar-refractivity contribution in [3.63, 3.8) is 0 Å².